The van der Waals surface area contributed by atoms with Crippen molar-refractivity contribution in [3.8, 4) is 0 Å². The van der Waals surface area contributed by atoms with Crippen molar-refractivity contribution < 1.29 is 14.1 Å². The monoisotopic (exact) mass is 165 g/mol. The number of carbonyl (C=O) groups is 1. The Labute approximate surface area is 63.9 Å². The van der Waals surface area contributed by atoms with Gasteiger partial charge in [0.1, 0.15) is 0 Å². The third-order valence-electron chi connectivity index (χ3n) is 0.837. The van der Waals surface area contributed by atoms with Gasteiger partial charge in [0.2, 0.25) is 0 Å². The maximum absolute atomic E-state index is 10.0. The van der Waals surface area contributed by atoms with Gasteiger partial charge < -0.3 is 15.0 Å². The molecule has 0 aromatic rings. The van der Waals surface area contributed by atoms with Crippen molar-refractivity contribution in [1.29, 1.82) is 0 Å². The van der Waals surface area contributed by atoms with E-state index in [-0.39, 0.29) is 13.0 Å². The van der Waals surface area contributed by atoms with Gasteiger partial charge in [-0.15, -0.1) is 0 Å². The van der Waals surface area contributed by atoms with Gasteiger partial charge in [-0.2, -0.15) is 0 Å². The molecule has 60 valence electrons. The molecule has 3 N–H and O–H groups in total. The average molecular weight is 165 g/mol. The highest BCUT2D eigenvalue weighted by molar-refractivity contribution is 7.93. The van der Waals surface area contributed by atoms with E-state index in [9.17, 15) is 4.79 Å². The fourth-order valence-electron chi connectivity index (χ4n) is 0.439. The Kier molecular flexibility index (Phi) is 5.38. The second-order valence-corrected chi connectivity index (χ2v) is 2.38. The lowest BCUT2D eigenvalue weighted by Gasteiger charge is -2.05. The van der Waals surface area contributed by atoms with E-state index < -0.39 is 12.0 Å². The van der Waals surface area contributed by atoms with Crippen LogP contribution in [0.4, 0.5) is 0 Å². The first-order valence-electron chi connectivity index (χ1n) is 2.79. The highest BCUT2D eigenvalue weighted by Crippen LogP contribution is 1.97. The van der Waals surface area contributed by atoms with E-state index in [2.05, 4.69) is 0 Å². The zero-order valence-corrected chi connectivity index (χ0v) is 6.56. The predicted molar refractivity (Wildman–Crippen MR) is 39.7 cm³/mol. The van der Waals surface area contributed by atoms with E-state index in [1.54, 1.807) is 6.26 Å². The van der Waals surface area contributed by atoms with Gasteiger partial charge in [0.25, 0.3) is 0 Å². The van der Waals surface area contributed by atoms with Crippen LogP contribution in [-0.2, 0) is 8.98 Å². The van der Waals surface area contributed by atoms with Gasteiger partial charge in [0.05, 0.1) is 13.0 Å². The summed E-state index contributed by atoms with van der Waals surface area (Å²) >= 11 is 1.18. The number of aliphatic carboxylic acids is 1. The van der Waals surface area contributed by atoms with Crippen LogP contribution < -0.4 is 5.73 Å². The van der Waals surface area contributed by atoms with Crippen LogP contribution in [-0.4, -0.2) is 30.0 Å². The quantitative estimate of drug-likeness (QED) is 0.564. The summed E-state index contributed by atoms with van der Waals surface area (Å²) in [5, 5.41) is 8.24. The standard InChI is InChI=1S/C5H11NO3S/c1-10-9-3-4(6)2-5(7)8/h4H,2-3,6H2,1H3,(H,7,8)/t4-/m1/s1. The first-order valence-corrected chi connectivity index (χ1v) is 3.94. The summed E-state index contributed by atoms with van der Waals surface area (Å²) < 4.78 is 4.82. The molecule has 0 saturated heterocycles. The number of nitrogens with two attached hydrogens (primary N) is 1. The predicted octanol–water partition coefficient (Wildman–Crippen LogP) is 0.0830. The second kappa shape index (κ2) is 5.52. The molecular weight excluding hydrogens is 154 g/mol. The molecule has 0 saturated carbocycles. The van der Waals surface area contributed by atoms with Crippen molar-refractivity contribution in [2.75, 3.05) is 12.9 Å². The molecule has 0 aromatic heterocycles. The Bertz CT molecular complexity index is 109. The molecule has 0 bridgehead atoms. The molecule has 4 nitrogen and oxygen atoms in total. The molecule has 1 atom stereocenters. The van der Waals surface area contributed by atoms with Crippen LogP contribution in [0.5, 0.6) is 0 Å². The van der Waals surface area contributed by atoms with Crippen LogP contribution >= 0.6 is 12.0 Å². The molecule has 0 aromatic carbocycles. The summed E-state index contributed by atoms with van der Waals surface area (Å²) in [6, 6.07) is -0.398. The van der Waals surface area contributed by atoms with Gasteiger partial charge in [-0.25, -0.2) is 0 Å². The molecule has 10 heavy (non-hydrogen) atoms. The minimum absolute atomic E-state index is 0.0411. The maximum Gasteiger partial charge on any atom is 0.305 e. The zero-order chi connectivity index (χ0) is 7.98. The van der Waals surface area contributed by atoms with Gasteiger partial charge in [-0.05, 0) is 12.0 Å². The molecule has 5 heteroatoms. The Morgan fingerprint density at radius 2 is 2.50 bits per heavy atom. The van der Waals surface area contributed by atoms with E-state index >= 15 is 0 Å². The normalized spacial score (nSPS) is 13.0. The summed E-state index contributed by atoms with van der Waals surface area (Å²) in [5.41, 5.74) is 5.34. The molecule has 0 amide bonds. The molecule has 0 fully saturated rings. The third kappa shape index (κ3) is 5.87. The molecular formula is C5H11NO3S. The van der Waals surface area contributed by atoms with Crippen molar-refractivity contribution in [1.82, 2.24) is 0 Å². The number of hydrogen-bond acceptors (Lipinski definition) is 4. The summed E-state index contributed by atoms with van der Waals surface area (Å²) in [7, 11) is 0. The Balaban J connectivity index is 3.25. The highest BCUT2D eigenvalue weighted by atomic mass is 32.2. The molecule has 0 aliphatic heterocycles. The summed E-state index contributed by atoms with van der Waals surface area (Å²) in [5.74, 6) is -0.891. The van der Waals surface area contributed by atoms with E-state index in [4.69, 9.17) is 15.0 Å². The van der Waals surface area contributed by atoms with Crippen LogP contribution in [0.25, 0.3) is 0 Å². The van der Waals surface area contributed by atoms with Crippen LogP contribution in [0, 0.1) is 0 Å². The van der Waals surface area contributed by atoms with E-state index in [0.29, 0.717) is 0 Å². The van der Waals surface area contributed by atoms with Crippen LogP contribution in [0.1, 0.15) is 6.42 Å². The molecule has 0 rings (SSSR count). The maximum atomic E-state index is 10.0. The van der Waals surface area contributed by atoms with Crippen LogP contribution in [0.3, 0.4) is 0 Å². The first kappa shape index (κ1) is 9.74. The Morgan fingerprint density at radius 3 is 2.90 bits per heavy atom. The lowest BCUT2D eigenvalue weighted by molar-refractivity contribution is -0.137. The number of hydrogen-bond donors (Lipinski definition) is 2. The van der Waals surface area contributed by atoms with Crippen molar-refractivity contribution in [2.45, 2.75) is 12.5 Å². The van der Waals surface area contributed by atoms with Gasteiger partial charge >= 0.3 is 5.97 Å². The van der Waals surface area contributed by atoms with Crippen molar-refractivity contribution in [2.24, 2.45) is 5.73 Å². The number of carboxylic acid groups (broad SMARTS) is 1. The number of rotatable bonds is 5. The van der Waals surface area contributed by atoms with Crippen molar-refractivity contribution in [3.05, 3.63) is 0 Å². The van der Waals surface area contributed by atoms with E-state index in [0.717, 1.165) is 0 Å². The van der Waals surface area contributed by atoms with E-state index in [1.807, 2.05) is 0 Å². The van der Waals surface area contributed by atoms with Crippen LogP contribution in [0.15, 0.2) is 0 Å². The second-order valence-electron chi connectivity index (χ2n) is 1.81. The van der Waals surface area contributed by atoms with Crippen molar-refractivity contribution >= 4 is 18.0 Å². The topological polar surface area (TPSA) is 72.5 Å². The van der Waals surface area contributed by atoms with Crippen molar-refractivity contribution in [3.63, 3.8) is 0 Å². The molecule has 0 heterocycles. The minimum Gasteiger partial charge on any atom is -0.481 e. The number of carboxylic acids is 1. The van der Waals surface area contributed by atoms with Gasteiger partial charge in [-0.1, -0.05) is 0 Å². The fraction of sp³-hybridized carbons (Fsp3) is 0.800. The summed E-state index contributed by atoms with van der Waals surface area (Å²) in [6.07, 6.45) is 1.72. The van der Waals surface area contributed by atoms with Gasteiger partial charge in [0, 0.05) is 12.3 Å². The molecule has 0 radical (unpaired) electrons. The third-order valence-corrected chi connectivity index (χ3v) is 1.21. The van der Waals surface area contributed by atoms with Gasteiger partial charge in [0.15, 0.2) is 0 Å². The molecule has 0 aliphatic rings. The summed E-state index contributed by atoms with van der Waals surface area (Å²) in [6.45, 7) is 0.285. The highest BCUT2D eigenvalue weighted by Gasteiger charge is 2.06. The molecule has 0 spiro atoms. The van der Waals surface area contributed by atoms with E-state index in [1.165, 1.54) is 12.0 Å². The Hall–Kier alpha value is -0.260. The fourth-order valence-corrected chi connectivity index (χ4v) is 0.750. The average Bonchev–Trinajstić information content (AvgIpc) is 1.82. The minimum atomic E-state index is -0.891. The van der Waals surface area contributed by atoms with Crippen LogP contribution in [0.2, 0.25) is 0 Å². The smallest absolute Gasteiger partial charge is 0.305 e. The SMILES string of the molecule is CSOC[C@H](N)CC(=O)O. The molecule has 0 aliphatic carbocycles. The lowest BCUT2D eigenvalue weighted by atomic mass is 10.2. The zero-order valence-electron chi connectivity index (χ0n) is 5.74. The molecule has 0 unspecified atom stereocenters. The largest absolute Gasteiger partial charge is 0.481 e. The first-order chi connectivity index (χ1) is 4.66. The summed E-state index contributed by atoms with van der Waals surface area (Å²) in [4.78, 5) is 10.0. The van der Waals surface area contributed by atoms with Gasteiger partial charge in [-0.3, -0.25) is 4.79 Å². The lowest BCUT2D eigenvalue weighted by Crippen LogP contribution is -2.27. The Morgan fingerprint density at radius 1 is 1.90 bits per heavy atom.